The zero-order valence-electron chi connectivity index (χ0n) is 15.7. The third-order valence-electron chi connectivity index (χ3n) is 3.28. The van der Waals surface area contributed by atoms with E-state index < -0.39 is 60.9 Å². The van der Waals surface area contributed by atoms with Crippen LogP contribution >= 0.6 is 0 Å². The number of esters is 4. The lowest BCUT2D eigenvalue weighted by Crippen LogP contribution is -2.63. The normalized spacial score (nSPS) is 28.6. The molecule has 1 aliphatic heterocycles. The minimum atomic E-state index is -1.38. The fourth-order valence-corrected chi connectivity index (χ4v) is 2.49. The van der Waals surface area contributed by atoms with Gasteiger partial charge in [0.1, 0.15) is 12.7 Å². The fourth-order valence-electron chi connectivity index (χ4n) is 2.49. The molecule has 0 aromatic carbocycles. The Hall–Kier alpha value is -2.24. The highest BCUT2D eigenvalue weighted by atomic mass is 16.8. The molecular formula is C16H24O11. The van der Waals surface area contributed by atoms with E-state index in [1.165, 1.54) is 13.8 Å². The molecule has 1 fully saturated rings. The van der Waals surface area contributed by atoms with Crippen LogP contribution in [0.4, 0.5) is 0 Å². The quantitative estimate of drug-likeness (QED) is 0.338. The first-order chi connectivity index (χ1) is 12.5. The predicted molar refractivity (Wildman–Crippen MR) is 84.7 cm³/mol. The number of aliphatic hydroxyl groups excluding tert-OH is 1. The van der Waals surface area contributed by atoms with Crippen LogP contribution in [0.5, 0.6) is 0 Å². The topological polar surface area (TPSA) is 144 Å². The molecule has 6 atom stereocenters. The second-order valence-electron chi connectivity index (χ2n) is 5.80. The van der Waals surface area contributed by atoms with Crippen LogP contribution in [-0.4, -0.2) is 72.6 Å². The minimum absolute atomic E-state index is 0.364. The lowest BCUT2D eigenvalue weighted by molar-refractivity contribution is -0.332. The van der Waals surface area contributed by atoms with Crippen LogP contribution in [0.15, 0.2) is 0 Å². The molecule has 1 rings (SSSR count). The van der Waals surface area contributed by atoms with Crippen LogP contribution in [0.2, 0.25) is 0 Å². The van der Waals surface area contributed by atoms with Crippen molar-refractivity contribution in [3.8, 4) is 0 Å². The molecule has 27 heavy (non-hydrogen) atoms. The molecule has 11 nitrogen and oxygen atoms in total. The maximum absolute atomic E-state index is 11.6. The molecule has 11 heteroatoms. The molecule has 1 aliphatic rings. The lowest BCUT2D eigenvalue weighted by atomic mass is 9.98. The van der Waals surface area contributed by atoms with Crippen molar-refractivity contribution in [2.75, 3.05) is 6.61 Å². The molecule has 0 spiro atoms. The molecule has 0 bridgehead atoms. The van der Waals surface area contributed by atoms with E-state index in [-0.39, 0.29) is 6.61 Å². The van der Waals surface area contributed by atoms with E-state index in [0.717, 1.165) is 20.8 Å². The van der Waals surface area contributed by atoms with Gasteiger partial charge in [-0.1, -0.05) is 0 Å². The SMILES string of the molecule is CC(=O)OC[C@H]1OC(OC(C)O)[C@@H](OC(C)=O)[C@@H](OC(C)=O)[C@@H]1OC(C)=O. The maximum Gasteiger partial charge on any atom is 0.303 e. The maximum atomic E-state index is 11.6. The number of hydrogen-bond donors (Lipinski definition) is 1. The van der Waals surface area contributed by atoms with Crippen molar-refractivity contribution in [3.63, 3.8) is 0 Å². The van der Waals surface area contributed by atoms with Crippen LogP contribution < -0.4 is 0 Å². The second kappa shape index (κ2) is 10.2. The number of aliphatic hydroxyl groups is 1. The van der Waals surface area contributed by atoms with Crippen LogP contribution in [0, 0.1) is 0 Å². The molecule has 0 aliphatic carbocycles. The van der Waals surface area contributed by atoms with Crippen molar-refractivity contribution in [1.29, 1.82) is 0 Å². The smallest absolute Gasteiger partial charge is 0.303 e. The summed E-state index contributed by atoms with van der Waals surface area (Å²) in [5.41, 5.74) is 0. The van der Waals surface area contributed by atoms with E-state index in [1.54, 1.807) is 0 Å². The highest BCUT2D eigenvalue weighted by molar-refractivity contribution is 5.68. The standard InChI is InChI=1S/C16H24O11/c1-7(17)22-6-12-13(23-8(2)18)14(24-9(3)19)15(25-10(4)20)16(27-12)26-11(5)21/h11-16,21H,6H2,1-5H3/t11?,12-,13-,14+,15+,16?/m1/s1. The number of carbonyl (C=O) groups is 4. The molecule has 0 amide bonds. The lowest BCUT2D eigenvalue weighted by Gasteiger charge is -2.44. The summed E-state index contributed by atoms with van der Waals surface area (Å²) in [6.45, 7) is 5.42. The molecule has 2 unspecified atom stereocenters. The Morgan fingerprint density at radius 2 is 1.33 bits per heavy atom. The van der Waals surface area contributed by atoms with Gasteiger partial charge in [-0.25, -0.2) is 0 Å². The number of carbonyl (C=O) groups excluding carboxylic acids is 4. The van der Waals surface area contributed by atoms with Crippen LogP contribution in [-0.2, 0) is 47.6 Å². The molecular weight excluding hydrogens is 368 g/mol. The highest BCUT2D eigenvalue weighted by Gasteiger charge is 2.53. The van der Waals surface area contributed by atoms with Gasteiger partial charge in [0.05, 0.1) is 0 Å². The third-order valence-corrected chi connectivity index (χ3v) is 3.28. The first-order valence-corrected chi connectivity index (χ1v) is 8.15. The molecule has 154 valence electrons. The summed E-state index contributed by atoms with van der Waals surface area (Å²) in [4.78, 5) is 45.7. The molecule has 0 aromatic heterocycles. The number of hydrogen-bond acceptors (Lipinski definition) is 11. The molecule has 0 aromatic rings. The molecule has 0 radical (unpaired) electrons. The summed E-state index contributed by atoms with van der Waals surface area (Å²) in [7, 11) is 0. The Morgan fingerprint density at radius 3 is 1.78 bits per heavy atom. The van der Waals surface area contributed by atoms with Gasteiger partial charge in [-0.05, 0) is 6.92 Å². The van der Waals surface area contributed by atoms with E-state index >= 15 is 0 Å². The van der Waals surface area contributed by atoms with Crippen molar-refractivity contribution in [2.24, 2.45) is 0 Å². The number of rotatable bonds is 7. The first-order valence-electron chi connectivity index (χ1n) is 8.15. The molecule has 1 N–H and O–H groups in total. The first kappa shape index (κ1) is 22.8. The average Bonchev–Trinajstić information content (AvgIpc) is 2.49. The zero-order valence-corrected chi connectivity index (χ0v) is 15.7. The van der Waals surface area contributed by atoms with Crippen molar-refractivity contribution in [3.05, 3.63) is 0 Å². The van der Waals surface area contributed by atoms with Gasteiger partial charge in [0.25, 0.3) is 0 Å². The summed E-state index contributed by atoms with van der Waals surface area (Å²) in [6.07, 6.45) is -7.76. The van der Waals surface area contributed by atoms with Gasteiger partial charge in [-0.3, -0.25) is 19.2 Å². The van der Waals surface area contributed by atoms with Gasteiger partial charge < -0.3 is 33.5 Å². The van der Waals surface area contributed by atoms with Gasteiger partial charge in [0.15, 0.2) is 24.6 Å². The summed E-state index contributed by atoms with van der Waals surface area (Å²) in [5, 5.41) is 9.52. The van der Waals surface area contributed by atoms with E-state index in [2.05, 4.69) is 0 Å². The summed E-state index contributed by atoms with van der Waals surface area (Å²) in [5.74, 6) is -2.86. The van der Waals surface area contributed by atoms with Crippen molar-refractivity contribution in [1.82, 2.24) is 0 Å². The van der Waals surface area contributed by atoms with Gasteiger partial charge in [-0.2, -0.15) is 0 Å². The van der Waals surface area contributed by atoms with Crippen LogP contribution in [0.3, 0.4) is 0 Å². The molecule has 1 saturated heterocycles. The van der Waals surface area contributed by atoms with Crippen LogP contribution in [0.25, 0.3) is 0 Å². The largest absolute Gasteiger partial charge is 0.463 e. The monoisotopic (exact) mass is 392 g/mol. The van der Waals surface area contributed by atoms with E-state index in [9.17, 15) is 24.3 Å². The Morgan fingerprint density at radius 1 is 0.852 bits per heavy atom. The zero-order chi connectivity index (χ0) is 20.7. The van der Waals surface area contributed by atoms with Crippen molar-refractivity contribution >= 4 is 23.9 Å². The van der Waals surface area contributed by atoms with E-state index in [4.69, 9.17) is 28.4 Å². The van der Waals surface area contributed by atoms with Gasteiger partial charge in [0.2, 0.25) is 6.29 Å². The van der Waals surface area contributed by atoms with Gasteiger partial charge in [0, 0.05) is 27.7 Å². The van der Waals surface area contributed by atoms with Gasteiger partial charge in [-0.15, -0.1) is 0 Å². The summed E-state index contributed by atoms with van der Waals surface area (Å²) < 4.78 is 31.2. The Kier molecular flexibility index (Phi) is 8.60. The fraction of sp³-hybridized carbons (Fsp3) is 0.750. The Bertz CT molecular complexity index is 559. The summed E-state index contributed by atoms with van der Waals surface area (Å²) in [6, 6.07) is 0. The summed E-state index contributed by atoms with van der Waals surface area (Å²) >= 11 is 0. The number of ether oxygens (including phenoxy) is 6. The average molecular weight is 392 g/mol. The Balaban J connectivity index is 3.27. The predicted octanol–water partition coefficient (Wildman–Crippen LogP) is -0.576. The third kappa shape index (κ3) is 7.49. The Labute approximate surface area is 155 Å². The minimum Gasteiger partial charge on any atom is -0.463 e. The molecule has 0 saturated carbocycles. The van der Waals surface area contributed by atoms with Crippen molar-refractivity contribution < 1.29 is 52.7 Å². The second-order valence-corrected chi connectivity index (χ2v) is 5.80. The van der Waals surface area contributed by atoms with Gasteiger partial charge >= 0.3 is 23.9 Å². The molecule has 1 heterocycles. The van der Waals surface area contributed by atoms with Crippen LogP contribution in [0.1, 0.15) is 34.6 Å². The van der Waals surface area contributed by atoms with Crippen molar-refractivity contribution in [2.45, 2.75) is 71.6 Å². The van der Waals surface area contributed by atoms with E-state index in [0.29, 0.717) is 0 Å². The van der Waals surface area contributed by atoms with E-state index in [1.807, 2.05) is 0 Å². The highest BCUT2D eigenvalue weighted by Crippen LogP contribution is 2.30.